The first-order valence-electron chi connectivity index (χ1n) is 8.04. The van der Waals surface area contributed by atoms with Gasteiger partial charge in [-0.1, -0.05) is 6.92 Å². The highest BCUT2D eigenvalue weighted by Crippen LogP contribution is 2.37. The van der Waals surface area contributed by atoms with Gasteiger partial charge in [-0.3, -0.25) is 9.59 Å². The van der Waals surface area contributed by atoms with Crippen LogP contribution in [0, 0.1) is 0 Å². The Bertz CT molecular complexity index is 677. The lowest BCUT2D eigenvalue weighted by atomic mass is 10.1. The number of piperazine rings is 1. The lowest BCUT2D eigenvalue weighted by molar-refractivity contribution is -0.144. The molecule has 0 radical (unpaired) electrons. The van der Waals surface area contributed by atoms with Crippen LogP contribution in [0.2, 0.25) is 0 Å². The van der Waals surface area contributed by atoms with Crippen LogP contribution in [-0.2, 0) is 21.9 Å². The molecule has 1 heterocycles. The van der Waals surface area contributed by atoms with Crippen molar-refractivity contribution in [2.45, 2.75) is 19.3 Å². The zero-order chi connectivity index (χ0) is 20.4. The summed E-state index contributed by atoms with van der Waals surface area (Å²) in [6, 6.07) is 0.659. The monoisotopic (exact) mass is 397 g/mol. The highest BCUT2D eigenvalue weighted by molar-refractivity contribution is 6.39. The molecule has 5 nitrogen and oxygen atoms in total. The number of benzene rings is 1. The maximum absolute atomic E-state index is 12.8. The van der Waals surface area contributed by atoms with Gasteiger partial charge in [-0.25, -0.2) is 0 Å². The normalized spacial score (nSPS) is 16.3. The summed E-state index contributed by atoms with van der Waals surface area (Å²) in [6.07, 6.45) is -10.1. The first-order valence-corrected chi connectivity index (χ1v) is 8.04. The number of carbonyl (C=O) groups is 2. The van der Waals surface area contributed by atoms with E-state index in [2.05, 4.69) is 0 Å². The molecule has 0 unspecified atom stereocenters. The van der Waals surface area contributed by atoms with Crippen LogP contribution in [-0.4, -0.2) is 54.3 Å². The molecule has 11 heteroatoms. The summed E-state index contributed by atoms with van der Waals surface area (Å²) in [4.78, 5) is 27.4. The Morgan fingerprint density at radius 1 is 0.926 bits per heavy atom. The summed E-state index contributed by atoms with van der Waals surface area (Å²) in [7, 11) is 0. The van der Waals surface area contributed by atoms with E-state index in [1.807, 2.05) is 17.1 Å². The van der Waals surface area contributed by atoms with Crippen LogP contribution in [0.4, 0.5) is 32.0 Å². The number of hydrogen-bond acceptors (Lipinski definition) is 3. The molecule has 0 aliphatic carbocycles. The molecule has 1 aliphatic rings. The standard InChI is InChI=1S/C16H17F6N3O2/c1-2-24-3-5-25(6-4-24)14(27)13(26)23-12-8-10(15(17,18)19)7-11(9-12)16(20,21)22/h7-9H,2-6H2,1H3,(H,23,26). The van der Waals surface area contributed by atoms with Crippen LogP contribution in [0.25, 0.3) is 0 Å². The minimum Gasteiger partial charge on any atom is -0.332 e. The maximum Gasteiger partial charge on any atom is 0.416 e. The average molecular weight is 397 g/mol. The predicted molar refractivity (Wildman–Crippen MR) is 83.8 cm³/mol. The number of likely N-dealkylation sites (N-methyl/N-ethyl adjacent to an activating group) is 1. The Labute approximate surface area is 150 Å². The number of alkyl halides is 6. The highest BCUT2D eigenvalue weighted by atomic mass is 19.4. The lowest BCUT2D eigenvalue weighted by Crippen LogP contribution is -2.51. The molecule has 0 atom stereocenters. The second-order valence-corrected chi connectivity index (χ2v) is 5.98. The predicted octanol–water partition coefficient (Wildman–Crippen LogP) is 2.83. The van der Waals surface area contributed by atoms with Crippen molar-refractivity contribution in [3.63, 3.8) is 0 Å². The van der Waals surface area contributed by atoms with Gasteiger partial charge in [0.2, 0.25) is 0 Å². The summed E-state index contributed by atoms with van der Waals surface area (Å²) >= 11 is 0. The van der Waals surface area contributed by atoms with Crippen molar-refractivity contribution in [2.24, 2.45) is 0 Å². The van der Waals surface area contributed by atoms with E-state index in [4.69, 9.17) is 0 Å². The van der Waals surface area contributed by atoms with E-state index in [1.54, 1.807) is 0 Å². The number of rotatable bonds is 2. The first kappa shape index (κ1) is 21.0. The van der Waals surface area contributed by atoms with Gasteiger partial charge in [0.05, 0.1) is 11.1 Å². The second-order valence-electron chi connectivity index (χ2n) is 5.98. The van der Waals surface area contributed by atoms with E-state index < -0.39 is 41.0 Å². The van der Waals surface area contributed by atoms with E-state index in [-0.39, 0.29) is 19.2 Å². The molecule has 2 rings (SSSR count). The lowest BCUT2D eigenvalue weighted by Gasteiger charge is -2.33. The van der Waals surface area contributed by atoms with Gasteiger partial charge < -0.3 is 15.1 Å². The van der Waals surface area contributed by atoms with Crippen LogP contribution in [0.5, 0.6) is 0 Å². The van der Waals surface area contributed by atoms with E-state index in [0.717, 1.165) is 6.54 Å². The number of halogens is 6. The first-order chi connectivity index (χ1) is 12.4. The number of hydrogen-bond donors (Lipinski definition) is 1. The summed E-state index contributed by atoms with van der Waals surface area (Å²) in [5, 5.41) is 1.85. The van der Waals surface area contributed by atoms with Crippen molar-refractivity contribution in [1.29, 1.82) is 0 Å². The summed E-state index contributed by atoms with van der Waals surface area (Å²) in [5.41, 5.74) is -3.89. The Hall–Kier alpha value is -2.30. The van der Waals surface area contributed by atoms with Crippen molar-refractivity contribution in [1.82, 2.24) is 9.80 Å². The number of nitrogens with one attached hydrogen (secondary N) is 1. The fourth-order valence-corrected chi connectivity index (χ4v) is 2.62. The summed E-state index contributed by atoms with van der Waals surface area (Å²) in [6.45, 7) is 4.23. The van der Waals surface area contributed by atoms with Crippen LogP contribution in [0.3, 0.4) is 0 Å². The van der Waals surface area contributed by atoms with Gasteiger partial charge in [-0.2, -0.15) is 26.3 Å². The third-order valence-corrected chi connectivity index (χ3v) is 4.15. The van der Waals surface area contributed by atoms with Gasteiger partial charge in [0.1, 0.15) is 0 Å². The third kappa shape index (κ3) is 5.34. The minimum atomic E-state index is -5.04. The van der Waals surface area contributed by atoms with E-state index in [0.29, 0.717) is 25.2 Å². The van der Waals surface area contributed by atoms with E-state index in [9.17, 15) is 35.9 Å². The molecule has 1 aromatic carbocycles. The topological polar surface area (TPSA) is 52.7 Å². The fraction of sp³-hybridized carbons (Fsp3) is 0.500. The van der Waals surface area contributed by atoms with Crippen molar-refractivity contribution in [2.75, 3.05) is 38.0 Å². The Kier molecular flexibility index (Phi) is 6.03. The van der Waals surface area contributed by atoms with Crippen LogP contribution in [0.15, 0.2) is 18.2 Å². The molecule has 0 saturated carbocycles. The van der Waals surface area contributed by atoms with Gasteiger partial charge in [-0.15, -0.1) is 0 Å². The number of anilines is 1. The van der Waals surface area contributed by atoms with Crippen molar-refractivity contribution < 1.29 is 35.9 Å². The van der Waals surface area contributed by atoms with E-state index in [1.165, 1.54) is 4.90 Å². The molecule has 0 bridgehead atoms. The Morgan fingerprint density at radius 2 is 1.41 bits per heavy atom. The molecular weight excluding hydrogens is 380 g/mol. The van der Waals surface area contributed by atoms with Gasteiger partial charge in [-0.05, 0) is 24.7 Å². The quantitative estimate of drug-likeness (QED) is 0.617. The molecule has 1 saturated heterocycles. The van der Waals surface area contributed by atoms with Gasteiger partial charge in [0, 0.05) is 31.9 Å². The van der Waals surface area contributed by atoms with Crippen molar-refractivity contribution in [3.05, 3.63) is 29.3 Å². The second kappa shape index (κ2) is 7.75. The minimum absolute atomic E-state index is 0.0541. The molecule has 27 heavy (non-hydrogen) atoms. The molecule has 1 aromatic rings. The fourth-order valence-electron chi connectivity index (χ4n) is 2.62. The van der Waals surface area contributed by atoms with Crippen molar-refractivity contribution in [3.8, 4) is 0 Å². The van der Waals surface area contributed by atoms with Crippen LogP contribution >= 0.6 is 0 Å². The molecular formula is C16H17F6N3O2. The largest absolute Gasteiger partial charge is 0.416 e. The number of amides is 2. The summed E-state index contributed by atoms with van der Waals surface area (Å²) < 4.78 is 77.0. The van der Waals surface area contributed by atoms with Crippen LogP contribution < -0.4 is 5.32 Å². The third-order valence-electron chi connectivity index (χ3n) is 4.15. The molecule has 150 valence electrons. The molecule has 0 spiro atoms. The average Bonchev–Trinajstić information content (AvgIpc) is 2.59. The number of nitrogens with zero attached hydrogens (tertiary/aromatic N) is 2. The van der Waals surface area contributed by atoms with Crippen LogP contribution in [0.1, 0.15) is 18.1 Å². The Morgan fingerprint density at radius 3 is 1.81 bits per heavy atom. The van der Waals surface area contributed by atoms with Gasteiger partial charge in [0.25, 0.3) is 0 Å². The Balaban J connectivity index is 2.18. The maximum atomic E-state index is 12.8. The molecule has 1 aliphatic heterocycles. The molecule has 1 N–H and O–H groups in total. The summed E-state index contributed by atoms with van der Waals surface area (Å²) in [5.74, 6) is -2.29. The van der Waals surface area contributed by atoms with E-state index >= 15 is 0 Å². The van der Waals surface area contributed by atoms with Gasteiger partial charge in [0.15, 0.2) is 0 Å². The number of carbonyl (C=O) groups excluding carboxylic acids is 2. The smallest absolute Gasteiger partial charge is 0.332 e. The van der Waals surface area contributed by atoms with Crippen molar-refractivity contribution >= 4 is 17.5 Å². The highest BCUT2D eigenvalue weighted by Gasteiger charge is 2.37. The van der Waals surface area contributed by atoms with Gasteiger partial charge >= 0.3 is 24.2 Å². The molecule has 1 fully saturated rings. The SMILES string of the molecule is CCN1CCN(C(=O)C(=O)Nc2cc(C(F)(F)F)cc(C(F)(F)F)c2)CC1. The molecule has 2 amide bonds. The zero-order valence-electron chi connectivity index (χ0n) is 14.2. The zero-order valence-corrected chi connectivity index (χ0v) is 14.2. The molecule has 0 aromatic heterocycles.